The number of ketones is 2. The van der Waals surface area contributed by atoms with Gasteiger partial charge >= 0.3 is 18.0 Å². The van der Waals surface area contributed by atoms with E-state index < -0.39 is 65.3 Å². The first-order chi connectivity index (χ1) is 21.5. The lowest BCUT2D eigenvalue weighted by Gasteiger charge is -2.17. The van der Waals surface area contributed by atoms with Crippen LogP contribution in [0.25, 0.3) is 5.82 Å². The number of halogens is 6. The largest absolute Gasteiger partial charge is 0.453 e. The van der Waals surface area contributed by atoms with Gasteiger partial charge in [-0.2, -0.15) is 23.4 Å². The molecule has 3 heterocycles. The Morgan fingerprint density at radius 3 is 2.37 bits per heavy atom. The van der Waals surface area contributed by atoms with Crippen LogP contribution in [0.15, 0.2) is 36.5 Å². The SMILES string of the molecule is COC(=O)N(C)CC(=O)c1cc(Cl)cc(Cl)c1CC(=O)c1cc(Cn2nc(C(F)(F)F)c([N+](=O)[O-])c2C)nn1-c1ncccc1Cl. The molecule has 0 atom stereocenters. The Hall–Kier alpha value is -4.54. The van der Waals surface area contributed by atoms with Crippen molar-refractivity contribution in [2.24, 2.45) is 0 Å². The molecule has 0 aliphatic carbocycles. The molecular weight excluding hydrogens is 682 g/mol. The quantitative estimate of drug-likeness (QED) is 0.110. The highest BCUT2D eigenvalue weighted by atomic mass is 35.5. The zero-order chi connectivity index (χ0) is 34.1. The van der Waals surface area contributed by atoms with Gasteiger partial charge in [0.1, 0.15) is 11.4 Å². The highest BCUT2D eigenvalue weighted by Gasteiger charge is 2.44. The lowest BCUT2D eigenvalue weighted by Crippen LogP contribution is -2.32. The number of hydrogen-bond acceptors (Lipinski definition) is 9. The first-order valence-corrected chi connectivity index (χ1v) is 14.0. The molecule has 1 aromatic carbocycles. The lowest BCUT2D eigenvalue weighted by molar-refractivity contribution is -0.388. The van der Waals surface area contributed by atoms with Crippen LogP contribution in [-0.4, -0.2) is 72.7 Å². The number of Topliss-reactive ketones (excluding diaryl/α,β-unsaturated/α-hetero) is 2. The van der Waals surface area contributed by atoms with Crippen molar-refractivity contribution in [3.8, 4) is 5.82 Å². The van der Waals surface area contributed by atoms with Crippen molar-refractivity contribution >= 4 is 58.1 Å². The third-order valence-corrected chi connectivity index (χ3v) is 7.44. The number of carbonyl (C=O) groups is 3. The van der Waals surface area contributed by atoms with Gasteiger partial charge in [-0.15, -0.1) is 0 Å². The summed E-state index contributed by atoms with van der Waals surface area (Å²) in [7, 11) is 2.46. The van der Waals surface area contributed by atoms with Gasteiger partial charge in [-0.05, 0) is 42.8 Å². The van der Waals surface area contributed by atoms with Gasteiger partial charge in [-0.1, -0.05) is 34.8 Å². The second kappa shape index (κ2) is 13.4. The van der Waals surface area contributed by atoms with Gasteiger partial charge in [0.15, 0.2) is 17.4 Å². The second-order valence-electron chi connectivity index (χ2n) is 9.70. The fourth-order valence-electron chi connectivity index (χ4n) is 4.46. The lowest BCUT2D eigenvalue weighted by atomic mass is 9.97. The molecule has 0 N–H and O–H groups in total. The fourth-order valence-corrected chi connectivity index (χ4v) is 5.22. The highest BCUT2D eigenvalue weighted by Crippen LogP contribution is 2.37. The van der Waals surface area contributed by atoms with E-state index in [1.165, 1.54) is 43.6 Å². The standard InChI is InChI=1S/C27H21Cl3F3N7O6/c1-13-23(40(44)45)24(27(31,32)33)36-38(13)11-15-9-20(39(35-15)25-18(29)5-4-6-34-25)21(41)10-16-17(7-14(28)8-19(16)30)22(42)12-37(2)26(43)46-3/h4-9H,10-12H2,1-3H3. The van der Waals surface area contributed by atoms with Crippen molar-refractivity contribution in [1.29, 1.82) is 0 Å². The highest BCUT2D eigenvalue weighted by molar-refractivity contribution is 6.36. The molecule has 0 radical (unpaired) electrons. The summed E-state index contributed by atoms with van der Waals surface area (Å²) in [5.74, 6) is -1.31. The first kappa shape index (κ1) is 34.3. The van der Waals surface area contributed by atoms with E-state index in [0.717, 1.165) is 28.3 Å². The molecule has 4 aromatic rings. The van der Waals surface area contributed by atoms with Crippen LogP contribution in [0.3, 0.4) is 0 Å². The number of methoxy groups -OCH3 is 1. The Labute approximate surface area is 272 Å². The number of hydrogen-bond donors (Lipinski definition) is 0. The summed E-state index contributed by atoms with van der Waals surface area (Å²) in [6, 6.07) is 6.80. The number of nitrogens with zero attached hydrogens (tertiary/aromatic N) is 7. The van der Waals surface area contributed by atoms with Crippen LogP contribution in [0.4, 0.5) is 23.7 Å². The number of likely N-dealkylation sites (N-methyl/N-ethyl adjacent to an activating group) is 1. The number of carbonyl (C=O) groups excluding carboxylic acids is 3. The Morgan fingerprint density at radius 2 is 1.78 bits per heavy atom. The molecule has 242 valence electrons. The van der Waals surface area contributed by atoms with Crippen LogP contribution >= 0.6 is 34.8 Å². The molecule has 0 unspecified atom stereocenters. The molecule has 1 amide bonds. The van der Waals surface area contributed by atoms with E-state index in [9.17, 15) is 37.7 Å². The number of benzene rings is 1. The number of ether oxygens (including phenoxy) is 1. The van der Waals surface area contributed by atoms with Crippen molar-refractivity contribution in [3.05, 3.63) is 95.6 Å². The maximum absolute atomic E-state index is 13.8. The van der Waals surface area contributed by atoms with Crippen LogP contribution in [0.5, 0.6) is 0 Å². The summed E-state index contributed by atoms with van der Waals surface area (Å²) >= 11 is 18.9. The summed E-state index contributed by atoms with van der Waals surface area (Å²) < 4.78 is 47.0. The molecule has 0 spiro atoms. The zero-order valence-electron chi connectivity index (χ0n) is 23.9. The van der Waals surface area contributed by atoms with Crippen molar-refractivity contribution < 1.29 is 37.2 Å². The molecule has 3 aromatic heterocycles. The maximum Gasteiger partial charge on any atom is 0.442 e. The Kier molecular flexibility index (Phi) is 10.0. The average Bonchev–Trinajstić information content (AvgIpc) is 3.55. The second-order valence-corrected chi connectivity index (χ2v) is 11.0. The normalized spacial score (nSPS) is 11.4. The van der Waals surface area contributed by atoms with Crippen molar-refractivity contribution in [1.82, 2.24) is 29.4 Å². The van der Waals surface area contributed by atoms with Crippen LogP contribution in [0, 0.1) is 17.0 Å². The molecule has 4 rings (SSSR count). The summed E-state index contributed by atoms with van der Waals surface area (Å²) in [6.07, 6.45) is -5.04. The molecule has 19 heteroatoms. The number of alkyl halides is 3. The predicted molar refractivity (Wildman–Crippen MR) is 158 cm³/mol. The van der Waals surface area contributed by atoms with Gasteiger partial charge in [0.25, 0.3) is 0 Å². The third-order valence-electron chi connectivity index (χ3n) is 6.59. The minimum absolute atomic E-state index is 0.0175. The zero-order valence-corrected chi connectivity index (χ0v) is 26.2. The average molecular weight is 703 g/mol. The smallest absolute Gasteiger partial charge is 0.442 e. The van der Waals surface area contributed by atoms with Crippen LogP contribution in [0.2, 0.25) is 15.1 Å². The monoisotopic (exact) mass is 701 g/mol. The van der Waals surface area contributed by atoms with Gasteiger partial charge < -0.3 is 9.64 Å². The number of rotatable bonds is 10. The first-order valence-electron chi connectivity index (χ1n) is 12.9. The van der Waals surface area contributed by atoms with Gasteiger partial charge in [0.05, 0.1) is 35.8 Å². The Balaban J connectivity index is 1.78. The van der Waals surface area contributed by atoms with Crippen LogP contribution in [-0.2, 0) is 23.9 Å². The molecule has 0 saturated carbocycles. The summed E-state index contributed by atoms with van der Waals surface area (Å²) in [6.45, 7) is 0.148. The van der Waals surface area contributed by atoms with Crippen LogP contribution < -0.4 is 0 Å². The maximum atomic E-state index is 13.8. The minimum Gasteiger partial charge on any atom is -0.453 e. The Bertz CT molecular complexity index is 1880. The summed E-state index contributed by atoms with van der Waals surface area (Å²) in [4.78, 5) is 54.3. The number of amides is 1. The molecule has 0 saturated heterocycles. The van der Waals surface area contributed by atoms with Gasteiger partial charge in [0.2, 0.25) is 5.69 Å². The fraction of sp³-hybridized carbons (Fsp3) is 0.259. The molecule has 0 aliphatic rings. The van der Waals surface area contributed by atoms with E-state index in [2.05, 4.69) is 19.9 Å². The number of aromatic nitrogens is 5. The number of nitro groups is 1. The van der Waals surface area contributed by atoms with Crippen molar-refractivity contribution in [3.63, 3.8) is 0 Å². The minimum atomic E-state index is -5.11. The molecular formula is C27H21Cl3F3N7O6. The molecule has 46 heavy (non-hydrogen) atoms. The van der Waals surface area contributed by atoms with Gasteiger partial charge in [-0.25, -0.2) is 14.5 Å². The Morgan fingerprint density at radius 1 is 1.09 bits per heavy atom. The van der Waals surface area contributed by atoms with E-state index >= 15 is 0 Å². The molecule has 13 nitrogen and oxygen atoms in total. The van der Waals surface area contributed by atoms with Crippen molar-refractivity contribution in [2.75, 3.05) is 20.7 Å². The topological polar surface area (TPSA) is 155 Å². The van der Waals surface area contributed by atoms with E-state index in [4.69, 9.17) is 34.8 Å². The third kappa shape index (κ3) is 7.13. The molecule has 0 aliphatic heterocycles. The van der Waals surface area contributed by atoms with Crippen LogP contribution in [0.1, 0.15) is 43.5 Å². The van der Waals surface area contributed by atoms with Gasteiger partial charge in [-0.3, -0.25) is 24.4 Å². The van der Waals surface area contributed by atoms with E-state index in [0.29, 0.717) is 0 Å². The summed E-state index contributed by atoms with van der Waals surface area (Å²) in [5, 5.41) is 19.2. The van der Waals surface area contributed by atoms with Crippen molar-refractivity contribution in [2.45, 2.75) is 26.1 Å². The van der Waals surface area contributed by atoms with E-state index in [1.54, 1.807) is 0 Å². The summed E-state index contributed by atoms with van der Waals surface area (Å²) in [5.41, 5.74) is -3.49. The molecule has 0 fully saturated rings. The molecule has 0 bridgehead atoms. The number of pyridine rings is 1. The van der Waals surface area contributed by atoms with Gasteiger partial charge in [0, 0.05) is 35.3 Å². The van der Waals surface area contributed by atoms with E-state index in [1.807, 2.05) is 0 Å². The predicted octanol–water partition coefficient (Wildman–Crippen LogP) is 6.01. The van der Waals surface area contributed by atoms with E-state index in [-0.39, 0.29) is 43.4 Å².